The van der Waals surface area contributed by atoms with Crippen LogP contribution in [-0.4, -0.2) is 32.4 Å². The number of ether oxygens (including phenoxy) is 1. The molecule has 1 amide bonds. The maximum Gasteiger partial charge on any atom is 0.340 e. The molecule has 0 radical (unpaired) electrons. The van der Waals surface area contributed by atoms with Gasteiger partial charge in [0.1, 0.15) is 4.90 Å². The number of nitrogens with one attached hydrogen (secondary N) is 2. The highest BCUT2D eigenvalue weighted by molar-refractivity contribution is 7.89. The molecular formula is C19H17Cl3N2O5S. The van der Waals surface area contributed by atoms with Crippen LogP contribution in [0.2, 0.25) is 15.1 Å². The molecule has 1 saturated carbocycles. The third-order valence-corrected chi connectivity index (χ3v) is 6.84. The highest BCUT2D eigenvalue weighted by atomic mass is 35.5. The predicted octanol–water partition coefficient (Wildman–Crippen LogP) is 4.27. The van der Waals surface area contributed by atoms with Gasteiger partial charge in [-0.15, -0.1) is 0 Å². The highest BCUT2D eigenvalue weighted by Crippen LogP contribution is 2.31. The lowest BCUT2D eigenvalue weighted by Gasteiger charge is -2.15. The number of esters is 1. The van der Waals surface area contributed by atoms with Gasteiger partial charge in [0.15, 0.2) is 6.10 Å². The Kier molecular flexibility index (Phi) is 6.94. The second-order valence-electron chi connectivity index (χ2n) is 6.67. The molecule has 1 atom stereocenters. The minimum Gasteiger partial charge on any atom is -0.449 e. The maximum atomic E-state index is 12.6. The summed E-state index contributed by atoms with van der Waals surface area (Å²) >= 11 is 18.1. The first-order valence-corrected chi connectivity index (χ1v) is 11.5. The first-order chi connectivity index (χ1) is 14.1. The van der Waals surface area contributed by atoms with E-state index in [0.29, 0.717) is 10.7 Å². The van der Waals surface area contributed by atoms with Crippen molar-refractivity contribution in [2.45, 2.75) is 36.8 Å². The highest BCUT2D eigenvalue weighted by Gasteiger charge is 2.31. The molecule has 0 saturated heterocycles. The van der Waals surface area contributed by atoms with Crippen LogP contribution in [-0.2, 0) is 19.6 Å². The zero-order chi connectivity index (χ0) is 22.1. The van der Waals surface area contributed by atoms with E-state index in [9.17, 15) is 18.0 Å². The van der Waals surface area contributed by atoms with E-state index < -0.39 is 28.0 Å². The number of hydrogen-bond acceptors (Lipinski definition) is 5. The fourth-order valence-corrected chi connectivity index (χ4v) is 4.79. The smallest absolute Gasteiger partial charge is 0.340 e. The van der Waals surface area contributed by atoms with Crippen LogP contribution in [0.15, 0.2) is 41.3 Å². The normalized spacial score (nSPS) is 14.8. The summed E-state index contributed by atoms with van der Waals surface area (Å²) in [6.07, 6.45) is 0.264. The number of amides is 1. The lowest BCUT2D eigenvalue weighted by atomic mass is 10.2. The minimum atomic E-state index is -3.93. The molecule has 1 aliphatic rings. The number of hydrogen-bond donors (Lipinski definition) is 2. The van der Waals surface area contributed by atoms with Gasteiger partial charge < -0.3 is 10.1 Å². The predicted molar refractivity (Wildman–Crippen MR) is 115 cm³/mol. The number of carbonyl (C=O) groups excluding carboxylic acids is 2. The molecule has 1 fully saturated rings. The summed E-state index contributed by atoms with van der Waals surface area (Å²) in [5.41, 5.74) is 0.130. The Labute approximate surface area is 188 Å². The molecule has 0 aliphatic heterocycles. The van der Waals surface area contributed by atoms with Crippen molar-refractivity contribution in [2.24, 2.45) is 0 Å². The Balaban J connectivity index is 1.76. The molecule has 0 spiro atoms. The fraction of sp³-hybridized carbons (Fsp3) is 0.263. The van der Waals surface area contributed by atoms with Crippen LogP contribution < -0.4 is 10.0 Å². The summed E-state index contributed by atoms with van der Waals surface area (Å²) in [6.45, 7) is 1.36. The summed E-state index contributed by atoms with van der Waals surface area (Å²) in [5, 5.41) is 2.64. The average Bonchev–Trinajstić information content (AvgIpc) is 3.46. The van der Waals surface area contributed by atoms with E-state index in [1.807, 2.05) is 0 Å². The van der Waals surface area contributed by atoms with Crippen LogP contribution in [0.4, 0.5) is 5.69 Å². The van der Waals surface area contributed by atoms with Gasteiger partial charge in [0.05, 0.1) is 26.3 Å². The Morgan fingerprint density at radius 3 is 2.37 bits per heavy atom. The van der Waals surface area contributed by atoms with Crippen molar-refractivity contribution in [1.82, 2.24) is 4.72 Å². The Morgan fingerprint density at radius 2 is 1.73 bits per heavy atom. The van der Waals surface area contributed by atoms with Crippen molar-refractivity contribution < 1.29 is 22.7 Å². The molecule has 1 unspecified atom stereocenters. The molecular weight excluding hydrogens is 475 g/mol. The van der Waals surface area contributed by atoms with Gasteiger partial charge in [0.2, 0.25) is 10.0 Å². The zero-order valence-corrected chi connectivity index (χ0v) is 18.7. The first kappa shape index (κ1) is 22.8. The van der Waals surface area contributed by atoms with Gasteiger partial charge in [-0.1, -0.05) is 46.9 Å². The monoisotopic (exact) mass is 490 g/mol. The Hall–Kier alpha value is -1.84. The Morgan fingerprint density at radius 1 is 1.07 bits per heavy atom. The van der Waals surface area contributed by atoms with Gasteiger partial charge in [0.25, 0.3) is 5.91 Å². The summed E-state index contributed by atoms with van der Waals surface area (Å²) in [6, 6.07) is 8.61. The summed E-state index contributed by atoms with van der Waals surface area (Å²) in [5.74, 6) is -1.59. The molecule has 2 N–H and O–H groups in total. The number of anilines is 1. The van der Waals surface area contributed by atoms with Crippen LogP contribution >= 0.6 is 34.8 Å². The van der Waals surface area contributed by atoms with Crippen molar-refractivity contribution in [2.75, 3.05) is 5.32 Å². The molecule has 30 heavy (non-hydrogen) atoms. The number of benzene rings is 2. The van der Waals surface area contributed by atoms with E-state index in [2.05, 4.69) is 10.0 Å². The van der Waals surface area contributed by atoms with E-state index >= 15 is 0 Å². The second-order valence-corrected chi connectivity index (χ2v) is 9.58. The first-order valence-electron chi connectivity index (χ1n) is 8.86. The van der Waals surface area contributed by atoms with Crippen LogP contribution in [0.3, 0.4) is 0 Å². The maximum absolute atomic E-state index is 12.6. The third-order valence-electron chi connectivity index (χ3n) is 4.21. The van der Waals surface area contributed by atoms with E-state index in [1.165, 1.54) is 6.92 Å². The number of para-hydroxylation sites is 1. The van der Waals surface area contributed by atoms with Crippen LogP contribution in [0.5, 0.6) is 0 Å². The number of halogens is 3. The fourth-order valence-electron chi connectivity index (χ4n) is 2.45. The van der Waals surface area contributed by atoms with Crippen LogP contribution in [0.25, 0.3) is 0 Å². The standard InChI is InChI=1S/C19H17Cl3N2O5S/c1-10(18(25)23-16-5-3-2-4-13(16)20)29-19(26)12-8-17(15(22)9-14(12)21)30(27,28)24-11-6-7-11/h2-5,8-11,24H,6-7H2,1H3,(H,23,25). The molecule has 2 aromatic carbocycles. The second kappa shape index (κ2) is 9.11. The largest absolute Gasteiger partial charge is 0.449 e. The van der Waals surface area contributed by atoms with Crippen molar-refractivity contribution in [3.63, 3.8) is 0 Å². The van der Waals surface area contributed by atoms with Gasteiger partial charge in [-0.3, -0.25) is 4.79 Å². The van der Waals surface area contributed by atoms with Crippen molar-refractivity contribution in [3.05, 3.63) is 57.0 Å². The third kappa shape index (κ3) is 5.44. The molecule has 0 bridgehead atoms. The summed E-state index contributed by atoms with van der Waals surface area (Å²) < 4.78 is 32.6. The average molecular weight is 492 g/mol. The van der Waals surface area contributed by atoms with Crippen LogP contribution in [0, 0.1) is 0 Å². The molecule has 160 valence electrons. The van der Waals surface area contributed by atoms with Gasteiger partial charge in [0, 0.05) is 6.04 Å². The SMILES string of the molecule is CC(OC(=O)c1cc(S(=O)(=O)NC2CC2)c(Cl)cc1Cl)C(=O)Nc1ccccc1Cl. The summed E-state index contributed by atoms with van der Waals surface area (Å²) in [7, 11) is -3.93. The van der Waals surface area contributed by atoms with Gasteiger partial charge >= 0.3 is 5.97 Å². The van der Waals surface area contributed by atoms with E-state index in [0.717, 1.165) is 25.0 Å². The van der Waals surface area contributed by atoms with E-state index in [1.54, 1.807) is 24.3 Å². The molecule has 0 heterocycles. The lowest BCUT2D eigenvalue weighted by molar-refractivity contribution is -0.123. The lowest BCUT2D eigenvalue weighted by Crippen LogP contribution is -2.30. The topological polar surface area (TPSA) is 102 Å². The minimum absolute atomic E-state index is 0.103. The number of rotatable bonds is 7. The van der Waals surface area contributed by atoms with Crippen LogP contribution in [0.1, 0.15) is 30.1 Å². The molecule has 1 aliphatic carbocycles. The van der Waals surface area contributed by atoms with Gasteiger partial charge in [-0.05, 0) is 44.0 Å². The van der Waals surface area contributed by atoms with E-state index in [4.69, 9.17) is 39.5 Å². The van der Waals surface area contributed by atoms with E-state index in [-0.39, 0.29) is 26.5 Å². The molecule has 3 rings (SSSR count). The summed E-state index contributed by atoms with van der Waals surface area (Å²) in [4.78, 5) is 24.6. The van der Waals surface area contributed by atoms with Crippen molar-refractivity contribution in [3.8, 4) is 0 Å². The number of sulfonamides is 1. The molecule has 2 aromatic rings. The van der Waals surface area contributed by atoms with Gasteiger partial charge in [-0.25, -0.2) is 17.9 Å². The molecule has 0 aromatic heterocycles. The Bertz CT molecular complexity index is 1100. The zero-order valence-electron chi connectivity index (χ0n) is 15.6. The van der Waals surface area contributed by atoms with Gasteiger partial charge in [-0.2, -0.15) is 0 Å². The van der Waals surface area contributed by atoms with Crippen molar-refractivity contribution in [1.29, 1.82) is 0 Å². The quantitative estimate of drug-likeness (QED) is 0.563. The number of carbonyl (C=O) groups is 2. The molecule has 7 nitrogen and oxygen atoms in total. The molecule has 11 heteroatoms. The van der Waals surface area contributed by atoms with Crippen molar-refractivity contribution >= 4 is 62.4 Å².